The van der Waals surface area contributed by atoms with Crippen LogP contribution in [0.3, 0.4) is 0 Å². The van der Waals surface area contributed by atoms with Crippen molar-refractivity contribution in [3.63, 3.8) is 0 Å². The zero-order valence-corrected chi connectivity index (χ0v) is 20.9. The van der Waals surface area contributed by atoms with Crippen molar-refractivity contribution in [2.45, 2.75) is 6.92 Å². The van der Waals surface area contributed by atoms with Gasteiger partial charge in [0, 0.05) is 0 Å². The van der Waals surface area contributed by atoms with E-state index in [2.05, 4.69) is 34.9 Å². The minimum Gasteiger partial charge on any atom is -0.726 e. The van der Waals surface area contributed by atoms with Crippen LogP contribution in [0.15, 0.2) is 36.4 Å². The van der Waals surface area contributed by atoms with Crippen molar-refractivity contribution in [1.29, 1.82) is 0 Å². The normalized spacial score (nSPS) is 11.3. The van der Waals surface area contributed by atoms with Crippen molar-refractivity contribution < 1.29 is 40.7 Å². The fourth-order valence-electron chi connectivity index (χ4n) is 4.01. The van der Waals surface area contributed by atoms with E-state index in [0.717, 1.165) is 45.8 Å². The Morgan fingerprint density at radius 2 is 1.21 bits per heavy atom. The Bertz CT molecular complexity index is 1480. The third-order valence-corrected chi connectivity index (χ3v) is 6.11. The van der Waals surface area contributed by atoms with Crippen LogP contribution in [0.25, 0.3) is 32.6 Å². The van der Waals surface area contributed by atoms with Crippen LogP contribution in [0.4, 0.5) is 0 Å². The first kappa shape index (κ1) is 25.3. The summed E-state index contributed by atoms with van der Waals surface area (Å²) in [7, 11) is 5.10. The highest BCUT2D eigenvalue weighted by Crippen LogP contribution is 2.38. The second-order valence-electron chi connectivity index (χ2n) is 7.37. The molecular weight excluding hydrogens is 462 g/mol. The van der Waals surface area contributed by atoms with Gasteiger partial charge in [-0.15, -0.1) is 0 Å². The van der Waals surface area contributed by atoms with Crippen LogP contribution < -0.4 is 23.5 Å². The molecule has 0 spiro atoms. The smallest absolute Gasteiger partial charge is 0.221 e. The summed E-state index contributed by atoms with van der Waals surface area (Å²) in [6.07, 6.45) is 0. The molecule has 10 heteroatoms. The van der Waals surface area contributed by atoms with E-state index in [1.807, 2.05) is 24.3 Å². The second-order valence-corrected chi connectivity index (χ2v) is 8.52. The molecule has 0 unspecified atom stereocenters. The van der Waals surface area contributed by atoms with E-state index in [9.17, 15) is 13.0 Å². The standard InChI is InChI=1S/C23H24NO4.CH4O4S/c1-13-15-8-7-14-9-19(25-3)21(27-5)11-17(14)23(15)24(2)18-12-22(28-6)20(26-4)10-16(13)18;1-5-6(2,3)4/h7-12H,1-6H3;1H3,(H,2,3,4)/q+1;/p-1. The maximum atomic E-state index is 9.22. The summed E-state index contributed by atoms with van der Waals surface area (Å²) in [5, 5.41) is 4.52. The molecule has 1 heterocycles. The highest BCUT2D eigenvalue weighted by atomic mass is 32.3. The van der Waals surface area contributed by atoms with E-state index < -0.39 is 10.4 Å². The van der Waals surface area contributed by atoms with Gasteiger partial charge in [0.2, 0.25) is 21.4 Å². The number of pyridine rings is 1. The van der Waals surface area contributed by atoms with Gasteiger partial charge in [-0.25, -0.2) is 8.42 Å². The number of hydrogen-bond donors (Lipinski definition) is 0. The van der Waals surface area contributed by atoms with Crippen molar-refractivity contribution in [2.75, 3.05) is 35.5 Å². The Morgan fingerprint density at radius 3 is 1.71 bits per heavy atom. The first-order valence-corrected chi connectivity index (χ1v) is 11.5. The molecule has 0 atom stereocenters. The van der Waals surface area contributed by atoms with Crippen LogP contribution in [0, 0.1) is 6.92 Å². The average Bonchev–Trinajstić information content (AvgIpc) is 2.84. The highest BCUT2D eigenvalue weighted by Gasteiger charge is 2.22. The average molecular weight is 490 g/mol. The molecule has 4 aromatic rings. The number of nitrogens with zero attached hydrogens (tertiary/aromatic N) is 1. The maximum absolute atomic E-state index is 9.22. The van der Waals surface area contributed by atoms with Crippen molar-refractivity contribution in [1.82, 2.24) is 0 Å². The molecule has 0 aliphatic carbocycles. The number of methoxy groups -OCH3 is 4. The molecule has 0 aliphatic heterocycles. The topological polar surface area (TPSA) is 107 Å². The molecule has 182 valence electrons. The molecule has 0 radical (unpaired) electrons. The van der Waals surface area contributed by atoms with Crippen LogP contribution >= 0.6 is 0 Å². The Kier molecular flexibility index (Phi) is 7.35. The van der Waals surface area contributed by atoms with Gasteiger partial charge < -0.3 is 23.5 Å². The SMILES string of the molecule is COS(=O)(=O)[O-].COc1cc2ccc3c(C)c4cc(OC)c(OC)cc4[n+](C)c3c2cc1OC. The number of aryl methyl sites for hydroxylation is 2. The van der Waals surface area contributed by atoms with E-state index in [-0.39, 0.29) is 0 Å². The molecule has 0 bridgehead atoms. The Labute approximate surface area is 198 Å². The van der Waals surface area contributed by atoms with Gasteiger partial charge in [0.25, 0.3) is 0 Å². The van der Waals surface area contributed by atoms with E-state index in [4.69, 9.17) is 18.9 Å². The lowest BCUT2D eigenvalue weighted by Gasteiger charge is -2.14. The Morgan fingerprint density at radius 1 is 0.735 bits per heavy atom. The molecule has 9 nitrogen and oxygen atoms in total. The van der Waals surface area contributed by atoms with Crippen LogP contribution in [-0.2, 0) is 21.6 Å². The summed E-state index contributed by atoms with van der Waals surface area (Å²) in [6.45, 7) is 2.14. The Hall–Kier alpha value is -3.34. The predicted octanol–water partition coefficient (Wildman–Crippen LogP) is 3.41. The summed E-state index contributed by atoms with van der Waals surface area (Å²) in [6, 6.07) is 12.4. The fraction of sp³-hybridized carbons (Fsp3) is 0.292. The first-order valence-electron chi connectivity index (χ1n) is 10.1. The maximum Gasteiger partial charge on any atom is 0.221 e. The number of hydrogen-bond acceptors (Lipinski definition) is 8. The lowest BCUT2D eigenvalue weighted by Crippen LogP contribution is -2.31. The van der Waals surface area contributed by atoms with Crippen molar-refractivity contribution in [3.8, 4) is 23.0 Å². The lowest BCUT2D eigenvalue weighted by molar-refractivity contribution is -0.616. The van der Waals surface area contributed by atoms with Gasteiger partial charge in [-0.3, -0.25) is 4.18 Å². The van der Waals surface area contributed by atoms with Crippen LogP contribution in [0.2, 0.25) is 0 Å². The minimum absolute atomic E-state index is 0.712. The highest BCUT2D eigenvalue weighted by molar-refractivity contribution is 7.80. The van der Waals surface area contributed by atoms with E-state index in [1.165, 1.54) is 10.9 Å². The molecule has 0 saturated heterocycles. The predicted molar refractivity (Wildman–Crippen MR) is 128 cm³/mol. The molecule has 0 amide bonds. The summed E-state index contributed by atoms with van der Waals surface area (Å²) in [4.78, 5) is 0. The van der Waals surface area contributed by atoms with E-state index in [0.29, 0.717) is 11.5 Å². The van der Waals surface area contributed by atoms with Crippen molar-refractivity contribution >= 4 is 43.0 Å². The summed E-state index contributed by atoms with van der Waals surface area (Å²) >= 11 is 0. The van der Waals surface area contributed by atoms with Crippen molar-refractivity contribution in [3.05, 3.63) is 42.0 Å². The van der Waals surface area contributed by atoms with Gasteiger partial charge in [0.1, 0.15) is 7.05 Å². The Balaban J connectivity index is 0.000000481. The molecule has 4 rings (SSSR count). The van der Waals surface area contributed by atoms with Gasteiger partial charge in [-0.1, -0.05) is 6.07 Å². The monoisotopic (exact) mass is 489 g/mol. The van der Waals surface area contributed by atoms with Crippen LogP contribution in [0.1, 0.15) is 5.56 Å². The van der Waals surface area contributed by atoms with E-state index in [1.54, 1.807) is 28.4 Å². The minimum atomic E-state index is -4.41. The van der Waals surface area contributed by atoms with Crippen LogP contribution in [0.5, 0.6) is 23.0 Å². The summed E-state index contributed by atoms with van der Waals surface area (Å²) in [5.41, 5.74) is 3.40. The lowest BCUT2D eigenvalue weighted by atomic mass is 9.98. The second kappa shape index (κ2) is 9.88. The zero-order chi connectivity index (χ0) is 25.2. The third-order valence-electron chi connectivity index (χ3n) is 5.71. The van der Waals surface area contributed by atoms with Gasteiger partial charge in [-0.05, 0) is 42.1 Å². The third kappa shape index (κ3) is 4.65. The van der Waals surface area contributed by atoms with Gasteiger partial charge in [0.05, 0.1) is 57.8 Å². The molecule has 0 N–H and O–H groups in total. The molecule has 0 saturated carbocycles. The molecule has 1 aromatic heterocycles. The van der Waals surface area contributed by atoms with E-state index >= 15 is 0 Å². The molecular formula is C24H27NO8S. The number of rotatable bonds is 5. The fourth-order valence-corrected chi connectivity index (χ4v) is 4.01. The quantitative estimate of drug-likeness (QED) is 0.138. The number of benzene rings is 3. The molecule has 0 aliphatic rings. The molecule has 0 fully saturated rings. The van der Waals surface area contributed by atoms with Gasteiger partial charge in [0.15, 0.2) is 23.0 Å². The number of aromatic nitrogens is 1. The zero-order valence-electron chi connectivity index (χ0n) is 20.1. The largest absolute Gasteiger partial charge is 0.726 e. The molecule has 34 heavy (non-hydrogen) atoms. The number of fused-ring (bicyclic) bond motifs is 4. The summed E-state index contributed by atoms with van der Waals surface area (Å²) < 4.78 is 55.3. The van der Waals surface area contributed by atoms with Gasteiger partial charge >= 0.3 is 0 Å². The van der Waals surface area contributed by atoms with Crippen LogP contribution in [-0.4, -0.2) is 48.5 Å². The first-order chi connectivity index (χ1) is 16.1. The number of ether oxygens (including phenoxy) is 4. The van der Waals surface area contributed by atoms with Gasteiger partial charge in [-0.2, -0.15) is 4.57 Å². The molecule has 3 aromatic carbocycles. The summed E-state index contributed by atoms with van der Waals surface area (Å²) in [5.74, 6) is 2.88. The van der Waals surface area contributed by atoms with Crippen molar-refractivity contribution in [2.24, 2.45) is 7.05 Å².